The van der Waals surface area contributed by atoms with Crippen LogP contribution in [0, 0.1) is 5.41 Å². The smallest absolute Gasteiger partial charge is 0.319 e. The Kier molecular flexibility index (Phi) is 2.22. The molecule has 0 aromatic rings. The van der Waals surface area contributed by atoms with Gasteiger partial charge in [0.25, 0.3) is 0 Å². The molecule has 0 bridgehead atoms. The Labute approximate surface area is 72.1 Å². The molecular formula is C9H14O3. The van der Waals surface area contributed by atoms with Crippen LogP contribution in [0.25, 0.3) is 0 Å². The molecule has 0 N–H and O–H groups in total. The quantitative estimate of drug-likeness (QED) is 0.463. The molecule has 2 atom stereocenters. The molecule has 1 heterocycles. The van der Waals surface area contributed by atoms with E-state index in [1.54, 1.807) is 6.92 Å². The lowest BCUT2D eigenvalue weighted by Crippen LogP contribution is -2.30. The Balaban J connectivity index is 2.81. The molecule has 0 radical (unpaired) electrons. The second kappa shape index (κ2) is 2.88. The zero-order valence-corrected chi connectivity index (χ0v) is 7.72. The van der Waals surface area contributed by atoms with Crippen molar-refractivity contribution in [2.75, 3.05) is 0 Å². The lowest BCUT2D eigenvalue weighted by molar-refractivity contribution is -0.151. The summed E-state index contributed by atoms with van der Waals surface area (Å²) in [5.41, 5.74) is -0.874. The number of hydrogen-bond acceptors (Lipinski definition) is 3. The van der Waals surface area contributed by atoms with Crippen LogP contribution in [0.5, 0.6) is 0 Å². The van der Waals surface area contributed by atoms with Gasteiger partial charge < -0.3 is 4.74 Å². The minimum Gasteiger partial charge on any atom is -0.462 e. The number of carbonyl (C=O) groups excluding carboxylic acids is 2. The molecule has 0 aromatic heterocycles. The number of esters is 1. The molecule has 1 rings (SSSR count). The van der Waals surface area contributed by atoms with E-state index in [0.717, 1.165) is 6.42 Å². The van der Waals surface area contributed by atoms with E-state index in [0.29, 0.717) is 6.42 Å². The van der Waals surface area contributed by atoms with E-state index >= 15 is 0 Å². The van der Waals surface area contributed by atoms with Crippen LogP contribution < -0.4 is 0 Å². The molecule has 0 saturated carbocycles. The van der Waals surface area contributed by atoms with Crippen LogP contribution in [0.15, 0.2) is 0 Å². The van der Waals surface area contributed by atoms with Gasteiger partial charge in [-0.15, -0.1) is 0 Å². The molecule has 1 saturated heterocycles. The van der Waals surface area contributed by atoms with Crippen LogP contribution in [0.1, 0.15) is 33.6 Å². The second-order valence-corrected chi connectivity index (χ2v) is 3.53. The highest BCUT2D eigenvalue weighted by atomic mass is 16.6. The van der Waals surface area contributed by atoms with Crippen molar-refractivity contribution in [1.29, 1.82) is 0 Å². The summed E-state index contributed by atoms with van der Waals surface area (Å²) in [6, 6.07) is 0. The molecule has 0 unspecified atom stereocenters. The summed E-state index contributed by atoms with van der Waals surface area (Å²) in [6.45, 7) is 5.05. The van der Waals surface area contributed by atoms with Crippen molar-refractivity contribution >= 4 is 11.8 Å². The normalized spacial score (nSPS) is 34.9. The first-order chi connectivity index (χ1) is 5.50. The van der Waals surface area contributed by atoms with Gasteiger partial charge in [-0.3, -0.25) is 9.59 Å². The Morgan fingerprint density at radius 3 is 2.58 bits per heavy atom. The maximum absolute atomic E-state index is 11.3. The average molecular weight is 170 g/mol. The third-order valence-corrected chi connectivity index (χ3v) is 2.59. The first-order valence-electron chi connectivity index (χ1n) is 4.23. The highest BCUT2D eigenvalue weighted by Gasteiger charge is 2.48. The molecular weight excluding hydrogens is 156 g/mol. The number of hydrogen-bond donors (Lipinski definition) is 0. The summed E-state index contributed by atoms with van der Waals surface area (Å²) < 4.78 is 5.03. The molecule has 0 aromatic carbocycles. The monoisotopic (exact) mass is 170 g/mol. The predicted molar refractivity (Wildman–Crippen MR) is 43.6 cm³/mol. The van der Waals surface area contributed by atoms with E-state index < -0.39 is 5.41 Å². The van der Waals surface area contributed by atoms with Crippen LogP contribution in [0.3, 0.4) is 0 Å². The van der Waals surface area contributed by atoms with Gasteiger partial charge in [0.15, 0.2) is 0 Å². The van der Waals surface area contributed by atoms with Crippen molar-refractivity contribution in [2.24, 2.45) is 5.41 Å². The summed E-state index contributed by atoms with van der Waals surface area (Å²) in [5, 5.41) is 0. The molecule has 12 heavy (non-hydrogen) atoms. The molecule has 0 amide bonds. The number of ketones is 1. The Hall–Kier alpha value is -0.860. The standard InChI is InChI=1S/C9H14O3/c1-4-7-5-9(3,6(2)10)8(11)12-7/h7H,4-5H2,1-3H3/t7-,9+/m0/s1. The van der Waals surface area contributed by atoms with Gasteiger partial charge in [-0.1, -0.05) is 6.92 Å². The van der Waals surface area contributed by atoms with Crippen molar-refractivity contribution in [3.8, 4) is 0 Å². The predicted octanol–water partition coefficient (Wildman–Crippen LogP) is 1.31. The minimum atomic E-state index is -0.874. The summed E-state index contributed by atoms with van der Waals surface area (Å²) in [7, 11) is 0. The maximum Gasteiger partial charge on any atom is 0.319 e. The van der Waals surface area contributed by atoms with Crippen molar-refractivity contribution in [1.82, 2.24) is 0 Å². The minimum absolute atomic E-state index is 0.0635. The molecule has 1 fully saturated rings. The molecule has 3 nitrogen and oxygen atoms in total. The van der Waals surface area contributed by atoms with Gasteiger partial charge in [0, 0.05) is 6.42 Å². The van der Waals surface area contributed by atoms with Gasteiger partial charge in [0.05, 0.1) is 0 Å². The summed E-state index contributed by atoms with van der Waals surface area (Å²) in [5.74, 6) is -0.453. The highest BCUT2D eigenvalue weighted by Crippen LogP contribution is 2.35. The zero-order valence-electron chi connectivity index (χ0n) is 7.72. The summed E-state index contributed by atoms with van der Waals surface area (Å²) >= 11 is 0. The Morgan fingerprint density at radius 2 is 2.33 bits per heavy atom. The van der Waals surface area contributed by atoms with Gasteiger partial charge in [-0.25, -0.2) is 0 Å². The number of cyclic esters (lactones) is 1. The molecule has 3 heteroatoms. The van der Waals surface area contributed by atoms with E-state index in [1.807, 2.05) is 6.92 Å². The van der Waals surface area contributed by atoms with Gasteiger partial charge in [-0.05, 0) is 20.3 Å². The number of carbonyl (C=O) groups is 2. The number of ether oxygens (including phenoxy) is 1. The van der Waals surface area contributed by atoms with E-state index in [-0.39, 0.29) is 17.9 Å². The SMILES string of the molecule is CC[C@H]1C[C@](C)(C(C)=O)C(=O)O1. The fraction of sp³-hybridized carbons (Fsp3) is 0.778. The second-order valence-electron chi connectivity index (χ2n) is 3.53. The molecule has 1 aliphatic rings. The molecule has 1 aliphatic heterocycles. The fourth-order valence-electron chi connectivity index (χ4n) is 1.38. The summed E-state index contributed by atoms with van der Waals surface area (Å²) in [4.78, 5) is 22.4. The lowest BCUT2D eigenvalue weighted by atomic mass is 9.83. The van der Waals surface area contributed by atoms with Gasteiger partial charge in [0.2, 0.25) is 0 Å². The Bertz CT molecular complexity index is 222. The first-order valence-corrected chi connectivity index (χ1v) is 4.23. The van der Waals surface area contributed by atoms with Crippen molar-refractivity contribution in [3.05, 3.63) is 0 Å². The van der Waals surface area contributed by atoms with Crippen LogP contribution in [-0.2, 0) is 14.3 Å². The molecule has 0 spiro atoms. The molecule has 68 valence electrons. The third kappa shape index (κ3) is 1.24. The zero-order chi connectivity index (χ0) is 9.35. The van der Waals surface area contributed by atoms with Crippen LogP contribution in [0.2, 0.25) is 0 Å². The van der Waals surface area contributed by atoms with Gasteiger partial charge in [-0.2, -0.15) is 0 Å². The van der Waals surface area contributed by atoms with E-state index in [2.05, 4.69) is 0 Å². The van der Waals surface area contributed by atoms with Crippen molar-refractivity contribution < 1.29 is 14.3 Å². The van der Waals surface area contributed by atoms with Crippen LogP contribution in [-0.4, -0.2) is 17.9 Å². The largest absolute Gasteiger partial charge is 0.462 e. The van der Waals surface area contributed by atoms with Gasteiger partial charge in [0.1, 0.15) is 17.3 Å². The molecule has 0 aliphatic carbocycles. The van der Waals surface area contributed by atoms with Gasteiger partial charge >= 0.3 is 5.97 Å². The number of rotatable bonds is 2. The third-order valence-electron chi connectivity index (χ3n) is 2.59. The van der Waals surface area contributed by atoms with E-state index in [9.17, 15) is 9.59 Å². The first kappa shape index (κ1) is 9.23. The van der Waals surface area contributed by atoms with Crippen LogP contribution in [0.4, 0.5) is 0 Å². The van der Waals surface area contributed by atoms with E-state index in [4.69, 9.17) is 4.74 Å². The fourth-order valence-corrected chi connectivity index (χ4v) is 1.38. The van der Waals surface area contributed by atoms with Crippen LogP contribution >= 0.6 is 0 Å². The highest BCUT2D eigenvalue weighted by molar-refractivity contribution is 6.03. The lowest BCUT2D eigenvalue weighted by Gasteiger charge is -2.13. The van der Waals surface area contributed by atoms with Crippen molar-refractivity contribution in [2.45, 2.75) is 39.7 Å². The number of Topliss-reactive ketones (excluding diaryl/α,β-unsaturated/α-hetero) is 1. The van der Waals surface area contributed by atoms with E-state index in [1.165, 1.54) is 6.92 Å². The topological polar surface area (TPSA) is 43.4 Å². The average Bonchev–Trinajstić information content (AvgIpc) is 2.29. The summed E-state index contributed by atoms with van der Waals surface area (Å²) in [6.07, 6.45) is 1.26. The maximum atomic E-state index is 11.3. The Morgan fingerprint density at radius 1 is 1.75 bits per heavy atom. The van der Waals surface area contributed by atoms with Crippen molar-refractivity contribution in [3.63, 3.8) is 0 Å².